The normalized spacial score (nSPS) is 13.0. The van der Waals surface area contributed by atoms with E-state index in [9.17, 15) is 14.7 Å². The topological polar surface area (TPSA) is 87.7 Å². The number of carboxylic acid groups (broad SMARTS) is 1. The van der Waals surface area contributed by atoms with Gasteiger partial charge in [0.05, 0.1) is 0 Å². The minimum absolute atomic E-state index is 0. The van der Waals surface area contributed by atoms with Crippen LogP contribution in [0.3, 0.4) is 0 Å². The van der Waals surface area contributed by atoms with Gasteiger partial charge in [0.25, 0.3) is 0 Å². The van der Waals surface area contributed by atoms with E-state index in [-0.39, 0.29) is 24.9 Å². The Morgan fingerprint density at radius 3 is 2.17 bits per heavy atom. The number of nitrogens with one attached hydrogen (secondary N) is 2. The van der Waals surface area contributed by atoms with Crippen molar-refractivity contribution in [3.63, 3.8) is 0 Å². The molecule has 156 valence electrons. The predicted molar refractivity (Wildman–Crippen MR) is 115 cm³/mol. The summed E-state index contributed by atoms with van der Waals surface area (Å²) >= 11 is 0. The number of alkyl carbamates (subject to hydrolysis) is 1. The Balaban J connectivity index is 0.00000300. The molecule has 0 saturated heterocycles. The van der Waals surface area contributed by atoms with E-state index in [1.807, 2.05) is 43.4 Å². The molecular formula is C22H27ClN2O4. The highest BCUT2D eigenvalue weighted by Crippen LogP contribution is 2.44. The molecule has 0 radical (unpaired) electrons. The lowest BCUT2D eigenvalue weighted by molar-refractivity contribution is -0.139. The highest BCUT2D eigenvalue weighted by atomic mass is 35.5. The van der Waals surface area contributed by atoms with Crippen LogP contribution in [-0.4, -0.2) is 43.4 Å². The molecule has 3 rings (SSSR count). The summed E-state index contributed by atoms with van der Waals surface area (Å²) in [5.74, 6) is -1.09. The molecule has 0 heterocycles. The van der Waals surface area contributed by atoms with E-state index in [0.29, 0.717) is 12.8 Å². The maximum atomic E-state index is 12.2. The third-order valence-corrected chi connectivity index (χ3v) is 5.10. The highest BCUT2D eigenvalue weighted by Gasteiger charge is 2.29. The first-order valence-corrected chi connectivity index (χ1v) is 9.60. The summed E-state index contributed by atoms with van der Waals surface area (Å²) in [6, 6.07) is 15.2. The summed E-state index contributed by atoms with van der Waals surface area (Å²) in [6.07, 6.45) is 1.25. The van der Waals surface area contributed by atoms with Crippen LogP contribution in [-0.2, 0) is 9.53 Å². The van der Waals surface area contributed by atoms with Crippen LogP contribution in [0.1, 0.15) is 36.3 Å². The number of ether oxygens (including phenoxy) is 1. The van der Waals surface area contributed by atoms with Crippen LogP contribution in [0, 0.1) is 0 Å². The fourth-order valence-corrected chi connectivity index (χ4v) is 3.69. The van der Waals surface area contributed by atoms with E-state index in [4.69, 9.17) is 4.74 Å². The zero-order valence-electron chi connectivity index (χ0n) is 16.4. The summed E-state index contributed by atoms with van der Waals surface area (Å²) in [5, 5.41) is 14.8. The van der Waals surface area contributed by atoms with E-state index in [1.165, 1.54) is 0 Å². The third kappa shape index (κ3) is 5.49. The van der Waals surface area contributed by atoms with Gasteiger partial charge >= 0.3 is 12.1 Å². The van der Waals surface area contributed by atoms with Crippen molar-refractivity contribution >= 4 is 24.5 Å². The number of carbonyl (C=O) groups is 2. The minimum Gasteiger partial charge on any atom is -0.480 e. The number of benzene rings is 2. The fraction of sp³-hybridized carbons (Fsp3) is 0.364. The Labute approximate surface area is 177 Å². The number of hydrogen-bond donors (Lipinski definition) is 3. The first-order valence-electron chi connectivity index (χ1n) is 9.60. The second-order valence-corrected chi connectivity index (χ2v) is 6.96. The van der Waals surface area contributed by atoms with Gasteiger partial charge in [-0.05, 0) is 55.1 Å². The monoisotopic (exact) mass is 418 g/mol. The van der Waals surface area contributed by atoms with Crippen LogP contribution in [0.2, 0.25) is 0 Å². The number of rotatable bonds is 9. The maximum Gasteiger partial charge on any atom is 0.407 e. The van der Waals surface area contributed by atoms with Gasteiger partial charge < -0.3 is 20.5 Å². The van der Waals surface area contributed by atoms with Gasteiger partial charge in [-0.2, -0.15) is 0 Å². The Morgan fingerprint density at radius 1 is 1.03 bits per heavy atom. The number of hydrogen-bond acceptors (Lipinski definition) is 4. The van der Waals surface area contributed by atoms with E-state index >= 15 is 0 Å². The molecule has 1 aliphatic rings. The van der Waals surface area contributed by atoms with Crippen molar-refractivity contribution in [1.82, 2.24) is 10.6 Å². The standard InChI is InChI=1S/C22H26N2O4.ClH/c1-23-13-7-6-12-20(21(25)26)24-22(27)28-14-19-17-10-4-2-8-15(17)16-9-3-5-11-18(16)19;/h2-5,8-11,19-20,23H,6-7,12-14H2,1H3,(H,24,27)(H,25,26);1H/t20-;/m0./s1. The number of halogens is 1. The second kappa shape index (κ2) is 10.8. The van der Waals surface area contributed by atoms with Crippen molar-refractivity contribution in [2.24, 2.45) is 0 Å². The summed E-state index contributed by atoms with van der Waals surface area (Å²) < 4.78 is 5.42. The molecule has 0 aliphatic heterocycles. The van der Waals surface area contributed by atoms with Gasteiger partial charge in [0.1, 0.15) is 12.6 Å². The average molecular weight is 419 g/mol. The Morgan fingerprint density at radius 2 is 1.62 bits per heavy atom. The fourth-order valence-electron chi connectivity index (χ4n) is 3.69. The molecule has 6 nitrogen and oxygen atoms in total. The molecule has 3 N–H and O–H groups in total. The molecule has 0 bridgehead atoms. The SMILES string of the molecule is CNCCCC[C@H](NC(=O)OCC1c2ccccc2-c2ccccc21)C(=O)O.Cl. The molecule has 7 heteroatoms. The van der Waals surface area contributed by atoms with Crippen molar-refractivity contribution < 1.29 is 19.4 Å². The summed E-state index contributed by atoms with van der Waals surface area (Å²) in [5.41, 5.74) is 4.55. The lowest BCUT2D eigenvalue weighted by atomic mass is 9.98. The molecule has 2 aromatic carbocycles. The predicted octanol–water partition coefficient (Wildman–Crippen LogP) is 3.79. The van der Waals surface area contributed by atoms with E-state index < -0.39 is 18.1 Å². The van der Waals surface area contributed by atoms with Crippen molar-refractivity contribution in [2.75, 3.05) is 20.2 Å². The number of fused-ring (bicyclic) bond motifs is 3. The third-order valence-electron chi connectivity index (χ3n) is 5.10. The summed E-state index contributed by atoms with van der Waals surface area (Å²) in [6.45, 7) is 0.989. The Bertz CT molecular complexity index is 798. The molecule has 0 saturated carbocycles. The van der Waals surface area contributed by atoms with E-state index in [1.54, 1.807) is 0 Å². The molecule has 0 aromatic heterocycles. The van der Waals surface area contributed by atoms with Crippen molar-refractivity contribution in [1.29, 1.82) is 0 Å². The van der Waals surface area contributed by atoms with Gasteiger partial charge in [0, 0.05) is 5.92 Å². The Hall–Kier alpha value is -2.57. The number of carbonyl (C=O) groups excluding carboxylic acids is 1. The van der Waals surface area contributed by atoms with Crippen molar-refractivity contribution in [3.8, 4) is 11.1 Å². The first-order chi connectivity index (χ1) is 13.6. The van der Waals surface area contributed by atoms with Crippen LogP contribution in [0.25, 0.3) is 11.1 Å². The molecule has 0 fully saturated rings. The van der Waals surface area contributed by atoms with Gasteiger partial charge in [-0.1, -0.05) is 48.5 Å². The number of carboxylic acids is 1. The summed E-state index contributed by atoms with van der Waals surface area (Å²) in [7, 11) is 1.85. The molecular weight excluding hydrogens is 392 g/mol. The van der Waals surface area contributed by atoms with E-state index in [2.05, 4.69) is 22.8 Å². The molecule has 0 spiro atoms. The van der Waals surface area contributed by atoms with Crippen molar-refractivity contribution in [3.05, 3.63) is 59.7 Å². The zero-order valence-corrected chi connectivity index (χ0v) is 17.2. The lowest BCUT2D eigenvalue weighted by Gasteiger charge is -2.17. The largest absolute Gasteiger partial charge is 0.480 e. The van der Waals surface area contributed by atoms with Gasteiger partial charge in [-0.15, -0.1) is 12.4 Å². The number of amides is 1. The van der Waals surface area contributed by atoms with Gasteiger partial charge in [-0.25, -0.2) is 9.59 Å². The molecule has 1 aliphatic carbocycles. The maximum absolute atomic E-state index is 12.2. The van der Waals surface area contributed by atoms with Gasteiger partial charge in [0.15, 0.2) is 0 Å². The zero-order chi connectivity index (χ0) is 19.9. The number of aliphatic carboxylic acids is 1. The summed E-state index contributed by atoms with van der Waals surface area (Å²) in [4.78, 5) is 23.6. The average Bonchev–Trinajstić information content (AvgIpc) is 3.02. The van der Waals surface area contributed by atoms with Crippen LogP contribution >= 0.6 is 12.4 Å². The molecule has 1 amide bonds. The quantitative estimate of drug-likeness (QED) is 0.539. The Kier molecular flexibility index (Phi) is 8.49. The van der Waals surface area contributed by atoms with Crippen LogP contribution in [0.5, 0.6) is 0 Å². The second-order valence-electron chi connectivity index (χ2n) is 6.96. The van der Waals surface area contributed by atoms with Crippen LogP contribution in [0.15, 0.2) is 48.5 Å². The minimum atomic E-state index is -1.04. The lowest BCUT2D eigenvalue weighted by Crippen LogP contribution is -2.41. The molecule has 2 aromatic rings. The van der Waals surface area contributed by atoms with Gasteiger partial charge in [0.2, 0.25) is 0 Å². The first kappa shape index (κ1) is 22.7. The smallest absolute Gasteiger partial charge is 0.407 e. The number of unbranched alkanes of at least 4 members (excludes halogenated alkanes) is 1. The molecule has 29 heavy (non-hydrogen) atoms. The van der Waals surface area contributed by atoms with Crippen LogP contribution in [0.4, 0.5) is 4.79 Å². The van der Waals surface area contributed by atoms with E-state index in [0.717, 1.165) is 35.2 Å². The molecule has 0 unspecified atom stereocenters. The highest BCUT2D eigenvalue weighted by molar-refractivity contribution is 5.85. The van der Waals surface area contributed by atoms with Crippen molar-refractivity contribution in [2.45, 2.75) is 31.2 Å². The van der Waals surface area contributed by atoms with Crippen LogP contribution < -0.4 is 10.6 Å². The molecule has 1 atom stereocenters. The van der Waals surface area contributed by atoms with Gasteiger partial charge in [-0.3, -0.25) is 0 Å².